The lowest BCUT2D eigenvalue weighted by molar-refractivity contribution is 0.530. The maximum atomic E-state index is 13.9. The molecule has 0 spiro atoms. The van der Waals surface area contributed by atoms with Crippen LogP contribution in [0.2, 0.25) is 0 Å². The predicted molar refractivity (Wildman–Crippen MR) is 117 cm³/mol. The SMILES string of the molecule is C#CCC(CC1=CC2C=CC1C2)(S(=O)(=O)c1ccccc1)S(=O)(=O)c1ccccc1. The zero-order chi connectivity index (χ0) is 21.4. The van der Waals surface area contributed by atoms with Crippen molar-refractivity contribution in [3.8, 4) is 12.3 Å². The van der Waals surface area contributed by atoms with Crippen molar-refractivity contribution < 1.29 is 16.8 Å². The molecule has 2 aromatic carbocycles. The molecule has 2 aliphatic rings. The highest BCUT2D eigenvalue weighted by Crippen LogP contribution is 2.48. The van der Waals surface area contributed by atoms with Crippen LogP contribution in [-0.2, 0) is 19.7 Å². The largest absolute Gasteiger partial charge is 0.222 e. The van der Waals surface area contributed by atoms with E-state index < -0.39 is 30.2 Å². The third-order valence-electron chi connectivity index (χ3n) is 5.95. The molecule has 2 atom stereocenters. The number of hydrogen-bond acceptors (Lipinski definition) is 4. The summed E-state index contributed by atoms with van der Waals surface area (Å²) in [6.45, 7) is 0. The van der Waals surface area contributed by atoms with Crippen LogP contribution >= 0.6 is 0 Å². The Morgan fingerprint density at radius 1 is 0.867 bits per heavy atom. The van der Waals surface area contributed by atoms with E-state index in [1.54, 1.807) is 36.4 Å². The van der Waals surface area contributed by atoms with Crippen LogP contribution in [0.3, 0.4) is 0 Å². The minimum atomic E-state index is -4.33. The summed E-state index contributed by atoms with van der Waals surface area (Å²) in [5.41, 5.74) is 0.830. The van der Waals surface area contributed by atoms with Crippen LogP contribution in [0, 0.1) is 24.2 Å². The molecule has 2 bridgehead atoms. The molecule has 2 aromatic rings. The number of fused-ring (bicyclic) bond motifs is 2. The van der Waals surface area contributed by atoms with Crippen LogP contribution in [0.15, 0.2) is 94.3 Å². The molecule has 0 aliphatic heterocycles. The first-order valence-electron chi connectivity index (χ1n) is 9.73. The lowest BCUT2D eigenvalue weighted by Gasteiger charge is -2.33. The molecule has 6 heteroatoms. The molecular weight excluding hydrogens is 416 g/mol. The second-order valence-corrected chi connectivity index (χ2v) is 12.5. The molecule has 0 amide bonds. The Kier molecular flexibility index (Phi) is 5.21. The summed E-state index contributed by atoms with van der Waals surface area (Å²) in [4.78, 5) is -0.0851. The maximum Gasteiger partial charge on any atom is 0.200 e. The van der Waals surface area contributed by atoms with Gasteiger partial charge in [-0.05, 0) is 42.5 Å². The van der Waals surface area contributed by atoms with E-state index in [-0.39, 0.29) is 28.0 Å². The molecule has 2 unspecified atom stereocenters. The van der Waals surface area contributed by atoms with Gasteiger partial charge in [-0.2, -0.15) is 0 Å². The Labute approximate surface area is 178 Å². The first kappa shape index (κ1) is 20.6. The number of rotatable bonds is 7. The van der Waals surface area contributed by atoms with Crippen molar-refractivity contribution in [3.63, 3.8) is 0 Å². The molecule has 2 aliphatic carbocycles. The van der Waals surface area contributed by atoms with Crippen LogP contribution < -0.4 is 0 Å². The van der Waals surface area contributed by atoms with Gasteiger partial charge < -0.3 is 0 Å². The molecule has 4 nitrogen and oxygen atoms in total. The zero-order valence-electron chi connectivity index (χ0n) is 16.3. The van der Waals surface area contributed by atoms with E-state index in [0.29, 0.717) is 0 Å². The fraction of sp³-hybridized carbons (Fsp3) is 0.250. The standard InChI is InChI=1S/C24H22O4S2/c1-2-15-24(18-21-17-19-13-14-20(21)16-19,29(25,26)22-9-5-3-6-10-22)30(27,28)23-11-7-4-8-12-23/h1,3-14,17,19-20H,15-16,18H2. The molecule has 4 rings (SSSR count). The Morgan fingerprint density at radius 2 is 1.40 bits per heavy atom. The lowest BCUT2D eigenvalue weighted by atomic mass is 9.97. The third-order valence-corrected chi connectivity index (χ3v) is 11.6. The Morgan fingerprint density at radius 3 is 1.80 bits per heavy atom. The first-order chi connectivity index (χ1) is 14.3. The van der Waals surface area contributed by atoms with Crippen molar-refractivity contribution in [2.24, 2.45) is 11.8 Å². The maximum absolute atomic E-state index is 13.9. The predicted octanol–water partition coefficient (Wildman–Crippen LogP) is 4.18. The zero-order valence-corrected chi connectivity index (χ0v) is 17.9. The molecule has 0 fully saturated rings. The van der Waals surface area contributed by atoms with E-state index >= 15 is 0 Å². The summed E-state index contributed by atoms with van der Waals surface area (Å²) in [6.07, 6.45) is 12.0. The van der Waals surface area contributed by atoms with Crippen molar-refractivity contribution in [2.75, 3.05) is 0 Å². The van der Waals surface area contributed by atoms with Gasteiger partial charge in [-0.25, -0.2) is 16.8 Å². The topological polar surface area (TPSA) is 68.3 Å². The van der Waals surface area contributed by atoms with Crippen molar-refractivity contribution in [3.05, 3.63) is 84.5 Å². The minimum Gasteiger partial charge on any atom is -0.222 e. The molecule has 0 aromatic heterocycles. The van der Waals surface area contributed by atoms with Gasteiger partial charge in [0.1, 0.15) is 0 Å². The Hall–Kier alpha value is -2.62. The van der Waals surface area contributed by atoms with E-state index in [1.807, 2.05) is 12.2 Å². The van der Waals surface area contributed by atoms with E-state index in [0.717, 1.165) is 12.0 Å². The van der Waals surface area contributed by atoms with Gasteiger partial charge in [0, 0.05) is 12.8 Å². The van der Waals surface area contributed by atoms with E-state index in [9.17, 15) is 16.8 Å². The van der Waals surface area contributed by atoms with Crippen molar-refractivity contribution in [1.82, 2.24) is 0 Å². The summed E-state index contributed by atoms with van der Waals surface area (Å²) in [6, 6.07) is 15.4. The summed E-state index contributed by atoms with van der Waals surface area (Å²) < 4.78 is 53.6. The number of sulfone groups is 2. The van der Waals surface area contributed by atoms with Gasteiger partial charge in [0.05, 0.1) is 9.79 Å². The summed E-state index contributed by atoms with van der Waals surface area (Å²) >= 11 is 0. The number of allylic oxidation sites excluding steroid dienone is 4. The van der Waals surface area contributed by atoms with Gasteiger partial charge in [-0.15, -0.1) is 12.3 Å². The molecule has 0 heterocycles. The van der Waals surface area contributed by atoms with Gasteiger partial charge in [0.15, 0.2) is 23.8 Å². The van der Waals surface area contributed by atoms with Crippen LogP contribution in [0.1, 0.15) is 19.3 Å². The number of hydrogen-bond donors (Lipinski definition) is 0. The molecular formula is C24H22O4S2. The van der Waals surface area contributed by atoms with Gasteiger partial charge in [-0.3, -0.25) is 0 Å². The first-order valence-corrected chi connectivity index (χ1v) is 12.7. The average molecular weight is 439 g/mol. The highest BCUT2D eigenvalue weighted by Gasteiger charge is 2.56. The fourth-order valence-electron chi connectivity index (χ4n) is 4.40. The van der Waals surface area contributed by atoms with Crippen LogP contribution in [0.25, 0.3) is 0 Å². The average Bonchev–Trinajstić information content (AvgIpc) is 3.37. The number of terminal acetylenes is 1. The molecule has 30 heavy (non-hydrogen) atoms. The minimum absolute atomic E-state index is 0.0425. The third kappa shape index (κ3) is 3.13. The molecule has 154 valence electrons. The summed E-state index contributed by atoms with van der Waals surface area (Å²) in [5, 5.41) is 0. The van der Waals surface area contributed by atoms with Gasteiger partial charge in [0.25, 0.3) is 0 Å². The normalized spacial score (nSPS) is 20.7. The Balaban J connectivity index is 1.96. The second kappa shape index (κ2) is 7.57. The lowest BCUT2D eigenvalue weighted by Crippen LogP contribution is -2.47. The number of benzene rings is 2. The van der Waals surface area contributed by atoms with Crippen molar-refractivity contribution in [2.45, 2.75) is 33.1 Å². The smallest absolute Gasteiger partial charge is 0.200 e. The summed E-state index contributed by atoms with van der Waals surface area (Å²) in [7, 11) is -8.66. The quantitative estimate of drug-likeness (QED) is 0.480. The van der Waals surface area contributed by atoms with Crippen LogP contribution in [-0.4, -0.2) is 20.9 Å². The molecule has 0 radical (unpaired) electrons. The van der Waals surface area contributed by atoms with Gasteiger partial charge in [-0.1, -0.05) is 60.2 Å². The highest BCUT2D eigenvalue weighted by molar-refractivity contribution is 8.10. The van der Waals surface area contributed by atoms with Crippen LogP contribution in [0.4, 0.5) is 0 Å². The van der Waals surface area contributed by atoms with Crippen molar-refractivity contribution >= 4 is 19.7 Å². The second-order valence-electron chi connectivity index (χ2n) is 7.73. The Bertz CT molecular complexity index is 1180. The van der Waals surface area contributed by atoms with E-state index in [2.05, 4.69) is 12.0 Å². The summed E-state index contributed by atoms with van der Waals surface area (Å²) in [5.74, 6) is 2.66. The van der Waals surface area contributed by atoms with Crippen molar-refractivity contribution in [1.29, 1.82) is 0 Å². The molecule has 0 saturated heterocycles. The van der Waals surface area contributed by atoms with E-state index in [1.165, 1.54) is 24.3 Å². The molecule has 0 saturated carbocycles. The van der Waals surface area contributed by atoms with Crippen LogP contribution in [0.5, 0.6) is 0 Å². The monoisotopic (exact) mass is 438 g/mol. The van der Waals surface area contributed by atoms with Gasteiger partial charge >= 0.3 is 0 Å². The molecule has 0 N–H and O–H groups in total. The van der Waals surface area contributed by atoms with Gasteiger partial charge in [0.2, 0.25) is 0 Å². The highest BCUT2D eigenvalue weighted by atomic mass is 32.3. The van der Waals surface area contributed by atoms with E-state index in [4.69, 9.17) is 6.42 Å². The fourth-order valence-corrected chi connectivity index (χ4v) is 9.28.